The maximum atomic E-state index is 12.2. The molecule has 0 amide bonds. The molecule has 0 fully saturated rings. The number of esters is 1. The van der Waals surface area contributed by atoms with Gasteiger partial charge in [0.2, 0.25) is 0 Å². The van der Waals surface area contributed by atoms with Gasteiger partial charge in [-0.1, -0.05) is 105 Å². The van der Waals surface area contributed by atoms with Gasteiger partial charge in [0.15, 0.2) is 0 Å². The summed E-state index contributed by atoms with van der Waals surface area (Å²) in [4.78, 5) is 12.2. The molecule has 0 heterocycles. The molecule has 0 aliphatic carbocycles. The Balaban J connectivity index is 3.61. The van der Waals surface area contributed by atoms with Crippen LogP contribution in [0.25, 0.3) is 0 Å². The first-order chi connectivity index (χ1) is 14.5. The number of allylic oxidation sites excluding steroid dienone is 2. The average molecular weight is 423 g/mol. The molecule has 0 radical (unpaired) electrons. The molecule has 0 aromatic heterocycles. The van der Waals surface area contributed by atoms with Gasteiger partial charge in [0.05, 0.1) is 0 Å². The molecule has 0 saturated heterocycles. The number of unbranched alkanes of at least 4 members (excludes halogenated alkanes) is 11. The van der Waals surface area contributed by atoms with Crippen molar-refractivity contribution in [3.8, 4) is 0 Å². The second-order valence-corrected chi connectivity index (χ2v) is 9.72. The predicted molar refractivity (Wildman–Crippen MR) is 133 cm³/mol. The summed E-state index contributed by atoms with van der Waals surface area (Å²) in [6.07, 6.45) is 25.3. The first-order valence-electron chi connectivity index (χ1n) is 13.4. The maximum absolute atomic E-state index is 12.2. The Labute approximate surface area is 189 Å². The molecule has 2 unspecified atom stereocenters. The van der Waals surface area contributed by atoms with Crippen molar-refractivity contribution in [2.75, 3.05) is 0 Å². The molecule has 0 saturated carbocycles. The molecular weight excluding hydrogens is 368 g/mol. The largest absolute Gasteiger partial charge is 0.462 e. The molecule has 178 valence electrons. The first kappa shape index (κ1) is 29.2. The maximum Gasteiger partial charge on any atom is 0.306 e. The van der Waals surface area contributed by atoms with Crippen LogP contribution in [-0.2, 0) is 9.53 Å². The van der Waals surface area contributed by atoms with E-state index in [-0.39, 0.29) is 12.1 Å². The van der Waals surface area contributed by atoms with E-state index in [9.17, 15) is 4.79 Å². The lowest BCUT2D eigenvalue weighted by Crippen LogP contribution is -2.25. The van der Waals surface area contributed by atoms with Crippen molar-refractivity contribution in [3.05, 3.63) is 12.2 Å². The number of hydrogen-bond donors (Lipinski definition) is 0. The quantitative estimate of drug-likeness (QED) is 0.105. The molecule has 2 nitrogen and oxygen atoms in total. The van der Waals surface area contributed by atoms with Crippen LogP contribution in [0.2, 0.25) is 0 Å². The van der Waals surface area contributed by atoms with Crippen LogP contribution in [0, 0.1) is 11.8 Å². The molecule has 0 N–H and O–H groups in total. The minimum absolute atomic E-state index is 0.0154. The lowest BCUT2D eigenvalue weighted by Gasteiger charge is -2.24. The first-order valence-corrected chi connectivity index (χ1v) is 13.4. The van der Waals surface area contributed by atoms with Crippen molar-refractivity contribution < 1.29 is 9.53 Å². The Morgan fingerprint density at radius 3 is 1.80 bits per heavy atom. The minimum Gasteiger partial charge on any atom is -0.462 e. The van der Waals surface area contributed by atoms with E-state index in [2.05, 4.69) is 46.8 Å². The topological polar surface area (TPSA) is 26.3 Å². The highest BCUT2D eigenvalue weighted by molar-refractivity contribution is 5.69. The third kappa shape index (κ3) is 19.2. The van der Waals surface area contributed by atoms with Gasteiger partial charge < -0.3 is 4.74 Å². The summed E-state index contributed by atoms with van der Waals surface area (Å²) >= 11 is 0. The highest BCUT2D eigenvalue weighted by atomic mass is 16.5. The standard InChI is InChI=1S/C28H54O2/c1-6-8-9-10-11-12-13-14-15-16-17-18-19-20-21-22-28(29)30-27(26(5)7-2)24-23-25(3)4/h14-15,25-27H,6-13,16-24H2,1-5H3/b15-14-. The van der Waals surface area contributed by atoms with Gasteiger partial charge in [-0.05, 0) is 56.8 Å². The third-order valence-corrected chi connectivity index (χ3v) is 6.23. The zero-order valence-corrected chi connectivity index (χ0v) is 21.2. The van der Waals surface area contributed by atoms with Gasteiger partial charge in [0.1, 0.15) is 6.10 Å². The van der Waals surface area contributed by atoms with Crippen molar-refractivity contribution in [1.29, 1.82) is 0 Å². The van der Waals surface area contributed by atoms with Gasteiger partial charge in [-0.25, -0.2) is 0 Å². The monoisotopic (exact) mass is 422 g/mol. The Kier molecular flexibility index (Phi) is 20.9. The van der Waals surface area contributed by atoms with Gasteiger partial charge in [0.25, 0.3) is 0 Å². The summed E-state index contributed by atoms with van der Waals surface area (Å²) in [5, 5.41) is 0. The fourth-order valence-corrected chi connectivity index (χ4v) is 3.79. The lowest BCUT2D eigenvalue weighted by atomic mass is 9.94. The number of rotatable bonds is 21. The van der Waals surface area contributed by atoms with E-state index in [0.717, 1.165) is 32.1 Å². The molecule has 30 heavy (non-hydrogen) atoms. The van der Waals surface area contributed by atoms with Crippen LogP contribution < -0.4 is 0 Å². The Morgan fingerprint density at radius 1 is 0.733 bits per heavy atom. The van der Waals surface area contributed by atoms with E-state index >= 15 is 0 Å². The Bertz CT molecular complexity index is 399. The molecule has 0 aromatic carbocycles. The lowest BCUT2D eigenvalue weighted by molar-refractivity contribution is -0.152. The average Bonchev–Trinajstić information content (AvgIpc) is 2.73. The molecule has 0 bridgehead atoms. The highest BCUT2D eigenvalue weighted by Crippen LogP contribution is 2.20. The van der Waals surface area contributed by atoms with Crippen LogP contribution >= 0.6 is 0 Å². The van der Waals surface area contributed by atoms with Crippen LogP contribution in [0.3, 0.4) is 0 Å². The van der Waals surface area contributed by atoms with Gasteiger partial charge in [-0.3, -0.25) is 4.79 Å². The van der Waals surface area contributed by atoms with Crippen LogP contribution in [-0.4, -0.2) is 12.1 Å². The summed E-state index contributed by atoms with van der Waals surface area (Å²) in [5.74, 6) is 1.14. The SMILES string of the molecule is CCCCCCCC/C=C\CCCCCCCC(=O)OC(CCC(C)C)C(C)CC. The van der Waals surface area contributed by atoms with E-state index in [1.54, 1.807) is 0 Å². The van der Waals surface area contributed by atoms with Crippen LogP contribution in [0.5, 0.6) is 0 Å². The van der Waals surface area contributed by atoms with Crippen molar-refractivity contribution in [1.82, 2.24) is 0 Å². The van der Waals surface area contributed by atoms with E-state index < -0.39 is 0 Å². The molecule has 0 spiro atoms. The zero-order valence-electron chi connectivity index (χ0n) is 21.2. The van der Waals surface area contributed by atoms with Gasteiger partial charge in [-0.2, -0.15) is 0 Å². The fraction of sp³-hybridized carbons (Fsp3) is 0.893. The number of hydrogen-bond acceptors (Lipinski definition) is 2. The Hall–Kier alpha value is -0.790. The summed E-state index contributed by atoms with van der Waals surface area (Å²) < 4.78 is 5.82. The Morgan fingerprint density at radius 2 is 1.27 bits per heavy atom. The molecule has 0 aromatic rings. The minimum atomic E-state index is 0.0154. The molecule has 0 aliphatic heterocycles. The number of ether oxygens (including phenoxy) is 1. The normalized spacial score (nSPS) is 13.8. The highest BCUT2D eigenvalue weighted by Gasteiger charge is 2.20. The predicted octanol–water partition coefficient (Wildman–Crippen LogP) is 9.42. The fourth-order valence-electron chi connectivity index (χ4n) is 3.79. The van der Waals surface area contributed by atoms with Crippen LogP contribution in [0.1, 0.15) is 144 Å². The second kappa shape index (κ2) is 21.4. The molecule has 2 atom stereocenters. The van der Waals surface area contributed by atoms with E-state index in [0.29, 0.717) is 18.3 Å². The summed E-state index contributed by atoms with van der Waals surface area (Å²) in [7, 11) is 0. The van der Waals surface area contributed by atoms with Gasteiger partial charge in [-0.15, -0.1) is 0 Å². The van der Waals surface area contributed by atoms with E-state index in [1.165, 1.54) is 70.6 Å². The van der Waals surface area contributed by atoms with Gasteiger partial charge >= 0.3 is 5.97 Å². The van der Waals surface area contributed by atoms with Crippen LogP contribution in [0.15, 0.2) is 12.2 Å². The molecule has 2 heteroatoms. The summed E-state index contributed by atoms with van der Waals surface area (Å²) in [5.41, 5.74) is 0. The summed E-state index contributed by atoms with van der Waals surface area (Å²) in [6, 6.07) is 0. The smallest absolute Gasteiger partial charge is 0.306 e. The van der Waals surface area contributed by atoms with Gasteiger partial charge in [0, 0.05) is 6.42 Å². The van der Waals surface area contributed by atoms with Crippen molar-refractivity contribution in [2.45, 2.75) is 150 Å². The number of carbonyl (C=O) groups is 1. The molecular formula is C28H54O2. The number of carbonyl (C=O) groups excluding carboxylic acids is 1. The van der Waals surface area contributed by atoms with Crippen molar-refractivity contribution in [3.63, 3.8) is 0 Å². The molecule has 0 rings (SSSR count). The third-order valence-electron chi connectivity index (χ3n) is 6.23. The van der Waals surface area contributed by atoms with Crippen molar-refractivity contribution >= 4 is 5.97 Å². The van der Waals surface area contributed by atoms with E-state index in [1.807, 2.05) is 0 Å². The van der Waals surface area contributed by atoms with Crippen molar-refractivity contribution in [2.24, 2.45) is 11.8 Å². The summed E-state index contributed by atoms with van der Waals surface area (Å²) in [6.45, 7) is 11.1. The molecule has 0 aliphatic rings. The second-order valence-electron chi connectivity index (χ2n) is 9.72. The van der Waals surface area contributed by atoms with E-state index in [4.69, 9.17) is 4.74 Å². The van der Waals surface area contributed by atoms with Crippen LogP contribution in [0.4, 0.5) is 0 Å². The zero-order chi connectivity index (χ0) is 22.5.